The molecule has 2 fully saturated rings. The van der Waals surface area contributed by atoms with Gasteiger partial charge >= 0.3 is 0 Å². The van der Waals surface area contributed by atoms with Gasteiger partial charge in [0.15, 0.2) is 5.78 Å². The predicted molar refractivity (Wildman–Crippen MR) is 70.6 cm³/mol. The maximum absolute atomic E-state index is 12.8. The molecule has 4 heteroatoms. The van der Waals surface area contributed by atoms with E-state index < -0.39 is 0 Å². The van der Waals surface area contributed by atoms with Gasteiger partial charge in [0, 0.05) is 23.6 Å². The zero-order chi connectivity index (χ0) is 11.8. The number of halogens is 2. The predicted octanol–water partition coefficient (Wildman–Crippen LogP) is 2.96. The van der Waals surface area contributed by atoms with Gasteiger partial charge in [-0.1, -0.05) is 0 Å². The molecule has 0 amide bonds. The van der Waals surface area contributed by atoms with Gasteiger partial charge in [-0.05, 0) is 49.9 Å². The molecule has 0 aromatic heterocycles. The summed E-state index contributed by atoms with van der Waals surface area (Å²) in [6.07, 6.45) is 4.26. The Morgan fingerprint density at radius 1 is 1.11 bits per heavy atom. The molecule has 1 aromatic carbocycles. The molecular weight excluding hydrogens is 253 g/mol. The summed E-state index contributed by atoms with van der Waals surface area (Å²) >= 11 is 0. The Balaban J connectivity index is 0.00000120. The Kier molecular flexibility index (Phi) is 4.03. The standard InChI is InChI=1S/C14H16FNO.ClH/c15-11-3-1-9(2-4-11)14(17)10-7-12-5-6-13(8-10)16-12;/h1-4,10,12-13,16H,5-8H2;1H. The van der Waals surface area contributed by atoms with E-state index in [0.717, 1.165) is 12.8 Å². The van der Waals surface area contributed by atoms with Crippen LogP contribution in [0.1, 0.15) is 36.0 Å². The van der Waals surface area contributed by atoms with Gasteiger partial charge in [0.2, 0.25) is 0 Å². The van der Waals surface area contributed by atoms with E-state index in [1.54, 1.807) is 12.1 Å². The largest absolute Gasteiger partial charge is 0.311 e. The molecule has 0 aliphatic carbocycles. The average molecular weight is 270 g/mol. The highest BCUT2D eigenvalue weighted by atomic mass is 35.5. The Hall–Kier alpha value is -0.930. The van der Waals surface area contributed by atoms with E-state index in [0.29, 0.717) is 17.6 Å². The Labute approximate surface area is 112 Å². The number of fused-ring (bicyclic) bond motifs is 2. The fourth-order valence-corrected chi connectivity index (χ4v) is 3.12. The lowest BCUT2D eigenvalue weighted by Gasteiger charge is -2.28. The lowest BCUT2D eigenvalue weighted by molar-refractivity contribution is 0.0875. The summed E-state index contributed by atoms with van der Waals surface area (Å²) in [6.45, 7) is 0. The van der Waals surface area contributed by atoms with Crippen LogP contribution >= 0.6 is 12.4 Å². The van der Waals surface area contributed by atoms with Crippen molar-refractivity contribution in [1.29, 1.82) is 0 Å². The van der Waals surface area contributed by atoms with Crippen molar-refractivity contribution < 1.29 is 9.18 Å². The monoisotopic (exact) mass is 269 g/mol. The van der Waals surface area contributed by atoms with Crippen molar-refractivity contribution in [2.75, 3.05) is 0 Å². The van der Waals surface area contributed by atoms with Gasteiger partial charge in [-0.15, -0.1) is 12.4 Å². The number of carbonyl (C=O) groups excluding carboxylic acids is 1. The summed E-state index contributed by atoms with van der Waals surface area (Å²) in [5.74, 6) is 0.0227. The summed E-state index contributed by atoms with van der Waals surface area (Å²) in [6, 6.07) is 6.96. The highest BCUT2D eigenvalue weighted by Gasteiger charge is 2.36. The zero-order valence-electron chi connectivity index (χ0n) is 10.1. The molecule has 0 radical (unpaired) electrons. The van der Waals surface area contributed by atoms with E-state index in [1.165, 1.54) is 25.0 Å². The van der Waals surface area contributed by atoms with Crippen molar-refractivity contribution in [3.63, 3.8) is 0 Å². The van der Waals surface area contributed by atoms with Crippen LogP contribution in [0.5, 0.6) is 0 Å². The van der Waals surface area contributed by atoms with E-state index in [1.807, 2.05) is 0 Å². The number of hydrogen-bond acceptors (Lipinski definition) is 2. The van der Waals surface area contributed by atoms with Gasteiger partial charge in [-0.2, -0.15) is 0 Å². The number of benzene rings is 1. The van der Waals surface area contributed by atoms with E-state index >= 15 is 0 Å². The van der Waals surface area contributed by atoms with Crippen molar-refractivity contribution in [2.45, 2.75) is 37.8 Å². The molecule has 2 aliphatic heterocycles. The second kappa shape index (κ2) is 5.37. The van der Waals surface area contributed by atoms with E-state index in [-0.39, 0.29) is 29.9 Å². The van der Waals surface area contributed by atoms with E-state index in [9.17, 15) is 9.18 Å². The average Bonchev–Trinajstić information content (AvgIpc) is 2.68. The molecule has 98 valence electrons. The van der Waals surface area contributed by atoms with Gasteiger partial charge in [-0.3, -0.25) is 4.79 Å². The van der Waals surface area contributed by atoms with Crippen molar-refractivity contribution in [3.8, 4) is 0 Å². The summed E-state index contributed by atoms with van der Waals surface area (Å²) in [4.78, 5) is 12.3. The lowest BCUT2D eigenvalue weighted by Crippen LogP contribution is -2.40. The fraction of sp³-hybridized carbons (Fsp3) is 0.500. The van der Waals surface area contributed by atoms with Crippen molar-refractivity contribution in [1.82, 2.24) is 5.32 Å². The highest BCUT2D eigenvalue weighted by Crippen LogP contribution is 2.32. The number of hydrogen-bond donors (Lipinski definition) is 1. The SMILES string of the molecule is Cl.O=C(c1ccc(F)cc1)C1CC2CCC(C1)N2. The third-order valence-corrected chi connectivity index (χ3v) is 3.97. The first-order valence-corrected chi connectivity index (χ1v) is 6.28. The summed E-state index contributed by atoms with van der Waals surface area (Å²) < 4.78 is 12.8. The molecule has 2 nitrogen and oxygen atoms in total. The van der Waals surface area contributed by atoms with E-state index in [2.05, 4.69) is 5.32 Å². The molecular formula is C14H17ClFNO. The van der Waals surface area contributed by atoms with Crippen molar-refractivity contribution in [3.05, 3.63) is 35.6 Å². The number of carbonyl (C=O) groups is 1. The number of piperidine rings is 1. The zero-order valence-corrected chi connectivity index (χ0v) is 10.9. The molecule has 0 spiro atoms. The molecule has 2 saturated heterocycles. The molecule has 2 bridgehead atoms. The molecule has 2 heterocycles. The minimum atomic E-state index is -0.285. The quantitative estimate of drug-likeness (QED) is 0.837. The summed E-state index contributed by atoms with van der Waals surface area (Å²) in [7, 11) is 0. The molecule has 1 aromatic rings. The topological polar surface area (TPSA) is 29.1 Å². The molecule has 18 heavy (non-hydrogen) atoms. The van der Waals surface area contributed by atoms with Crippen molar-refractivity contribution in [2.24, 2.45) is 5.92 Å². The number of rotatable bonds is 2. The minimum Gasteiger partial charge on any atom is -0.311 e. The Morgan fingerprint density at radius 2 is 1.67 bits per heavy atom. The third kappa shape index (κ3) is 2.57. The van der Waals surface area contributed by atoms with Crippen LogP contribution in [0.3, 0.4) is 0 Å². The molecule has 2 unspecified atom stereocenters. The van der Waals surface area contributed by atoms with Gasteiger partial charge in [0.25, 0.3) is 0 Å². The van der Waals surface area contributed by atoms with Crippen LogP contribution in [-0.4, -0.2) is 17.9 Å². The number of nitrogens with one attached hydrogen (secondary N) is 1. The molecule has 1 N–H and O–H groups in total. The Morgan fingerprint density at radius 3 is 2.22 bits per heavy atom. The van der Waals surface area contributed by atoms with Crippen LogP contribution in [0.15, 0.2) is 24.3 Å². The number of Topliss-reactive ketones (excluding diaryl/α,β-unsaturated/α-hetero) is 1. The first kappa shape index (κ1) is 13.5. The normalized spacial score (nSPS) is 29.7. The second-order valence-electron chi connectivity index (χ2n) is 5.18. The number of ketones is 1. The summed E-state index contributed by atoms with van der Waals surface area (Å²) in [5.41, 5.74) is 0.651. The Bertz CT molecular complexity index is 422. The highest BCUT2D eigenvalue weighted by molar-refractivity contribution is 5.98. The van der Waals surface area contributed by atoms with Crippen molar-refractivity contribution >= 4 is 18.2 Å². The maximum atomic E-state index is 12.8. The minimum absolute atomic E-state index is 0. The summed E-state index contributed by atoms with van der Waals surface area (Å²) in [5, 5.41) is 3.52. The first-order valence-electron chi connectivity index (χ1n) is 6.28. The van der Waals surface area contributed by atoms with Crippen LogP contribution in [0, 0.1) is 11.7 Å². The van der Waals surface area contributed by atoms with Gasteiger partial charge in [-0.25, -0.2) is 4.39 Å². The molecule has 2 atom stereocenters. The smallest absolute Gasteiger partial charge is 0.166 e. The molecule has 3 rings (SSSR count). The lowest BCUT2D eigenvalue weighted by atomic mass is 9.86. The van der Waals surface area contributed by atoms with Gasteiger partial charge < -0.3 is 5.32 Å². The van der Waals surface area contributed by atoms with Crippen LogP contribution in [-0.2, 0) is 0 Å². The third-order valence-electron chi connectivity index (χ3n) is 3.97. The van der Waals surface area contributed by atoms with Crippen LogP contribution in [0.25, 0.3) is 0 Å². The van der Waals surface area contributed by atoms with Crippen LogP contribution in [0.2, 0.25) is 0 Å². The van der Waals surface area contributed by atoms with Gasteiger partial charge in [0.05, 0.1) is 0 Å². The van der Waals surface area contributed by atoms with Crippen LogP contribution in [0.4, 0.5) is 4.39 Å². The van der Waals surface area contributed by atoms with E-state index in [4.69, 9.17) is 0 Å². The van der Waals surface area contributed by atoms with Crippen LogP contribution < -0.4 is 5.32 Å². The molecule has 0 saturated carbocycles. The second-order valence-corrected chi connectivity index (χ2v) is 5.18. The maximum Gasteiger partial charge on any atom is 0.166 e. The first-order chi connectivity index (χ1) is 8.22. The molecule has 2 aliphatic rings. The van der Waals surface area contributed by atoms with Gasteiger partial charge in [0.1, 0.15) is 5.82 Å². The fourth-order valence-electron chi connectivity index (χ4n) is 3.12.